The van der Waals surface area contributed by atoms with Crippen LogP contribution in [0.25, 0.3) is 0 Å². The highest BCUT2D eigenvalue weighted by Gasteiger charge is 2.33. The number of halogens is 2. The maximum Gasteiger partial charge on any atom is 0.264 e. The summed E-state index contributed by atoms with van der Waals surface area (Å²) in [4.78, 5) is 28.8. The van der Waals surface area contributed by atoms with Gasteiger partial charge in [-0.25, -0.2) is 8.42 Å². The van der Waals surface area contributed by atoms with Crippen LogP contribution in [0.1, 0.15) is 38.3 Å². The van der Waals surface area contributed by atoms with Crippen molar-refractivity contribution < 1.29 is 18.0 Å². The lowest BCUT2D eigenvalue weighted by Crippen LogP contribution is -2.52. The van der Waals surface area contributed by atoms with Gasteiger partial charge >= 0.3 is 0 Å². The van der Waals surface area contributed by atoms with E-state index in [1.807, 2.05) is 52.0 Å². The average Bonchev–Trinajstić information content (AvgIpc) is 2.92. The van der Waals surface area contributed by atoms with Gasteiger partial charge in [0.15, 0.2) is 0 Å². The molecule has 0 heterocycles. The minimum Gasteiger partial charge on any atom is -0.354 e. The maximum atomic E-state index is 14.1. The van der Waals surface area contributed by atoms with Gasteiger partial charge in [-0.15, -0.1) is 0 Å². The molecule has 214 valence electrons. The predicted molar refractivity (Wildman–Crippen MR) is 161 cm³/mol. The highest BCUT2D eigenvalue weighted by atomic mass is 35.5. The Kier molecular flexibility index (Phi) is 11.0. The monoisotopic (exact) mass is 603 g/mol. The number of nitrogens with one attached hydrogen (secondary N) is 1. The molecule has 1 atom stereocenters. The zero-order chi connectivity index (χ0) is 29.4. The van der Waals surface area contributed by atoms with E-state index in [9.17, 15) is 18.0 Å². The number of hydrogen-bond donors (Lipinski definition) is 1. The Bertz CT molecular complexity index is 1430. The molecule has 0 aliphatic carbocycles. The van der Waals surface area contributed by atoms with Gasteiger partial charge in [-0.05, 0) is 55.2 Å². The molecule has 3 aromatic carbocycles. The third kappa shape index (κ3) is 7.99. The third-order valence-corrected chi connectivity index (χ3v) is 8.83. The van der Waals surface area contributed by atoms with Gasteiger partial charge in [0.1, 0.15) is 12.6 Å². The molecule has 1 unspecified atom stereocenters. The van der Waals surface area contributed by atoms with E-state index in [2.05, 4.69) is 5.32 Å². The van der Waals surface area contributed by atoms with Gasteiger partial charge in [-0.3, -0.25) is 13.9 Å². The molecule has 3 rings (SSSR count). The molecule has 0 aromatic heterocycles. The average molecular weight is 605 g/mol. The standard InChI is InChI=1S/C30H35Cl2N3O4S/c1-5-28(30(37)33-18-21(2)3)34(19-23-11-9-10-22(4)16-23)29(36)20-35(24-14-15-26(31)27(32)17-24)40(38,39)25-12-7-6-8-13-25/h6-17,21,28H,5,18-20H2,1-4H3,(H,33,37). The molecule has 3 aromatic rings. The number of hydrogen-bond acceptors (Lipinski definition) is 4. The van der Waals surface area contributed by atoms with Crippen LogP contribution in [0.4, 0.5) is 5.69 Å². The fourth-order valence-electron chi connectivity index (χ4n) is 4.24. The Morgan fingerprint density at radius 1 is 0.925 bits per heavy atom. The Labute approximate surface area is 247 Å². The molecule has 40 heavy (non-hydrogen) atoms. The lowest BCUT2D eigenvalue weighted by Gasteiger charge is -2.33. The van der Waals surface area contributed by atoms with Crippen LogP contribution in [-0.4, -0.2) is 44.3 Å². The highest BCUT2D eigenvalue weighted by molar-refractivity contribution is 7.92. The van der Waals surface area contributed by atoms with E-state index in [0.29, 0.717) is 13.0 Å². The Hall–Kier alpha value is -3.07. The third-order valence-electron chi connectivity index (χ3n) is 6.31. The summed E-state index contributed by atoms with van der Waals surface area (Å²) in [6.07, 6.45) is 0.347. The molecule has 0 fully saturated rings. The summed E-state index contributed by atoms with van der Waals surface area (Å²) in [6, 6.07) is 19.1. The van der Waals surface area contributed by atoms with Crippen LogP contribution in [0.2, 0.25) is 10.0 Å². The van der Waals surface area contributed by atoms with Crippen molar-refractivity contribution in [2.24, 2.45) is 5.92 Å². The molecular weight excluding hydrogens is 569 g/mol. The van der Waals surface area contributed by atoms with Gasteiger partial charge in [0.2, 0.25) is 11.8 Å². The van der Waals surface area contributed by atoms with Gasteiger partial charge in [-0.2, -0.15) is 0 Å². The zero-order valence-corrected chi connectivity index (χ0v) is 25.4. The number of anilines is 1. The Morgan fingerprint density at radius 3 is 2.23 bits per heavy atom. The molecule has 0 bridgehead atoms. The number of benzene rings is 3. The van der Waals surface area contributed by atoms with E-state index in [0.717, 1.165) is 15.4 Å². The first-order valence-corrected chi connectivity index (χ1v) is 15.3. The van der Waals surface area contributed by atoms with Crippen LogP contribution in [0.15, 0.2) is 77.7 Å². The van der Waals surface area contributed by atoms with Crippen LogP contribution in [0.3, 0.4) is 0 Å². The van der Waals surface area contributed by atoms with E-state index in [1.54, 1.807) is 18.2 Å². The molecule has 0 saturated heterocycles. The molecular formula is C30H35Cl2N3O4S. The lowest BCUT2D eigenvalue weighted by atomic mass is 10.1. The maximum absolute atomic E-state index is 14.1. The molecule has 0 aliphatic heterocycles. The van der Waals surface area contributed by atoms with Gasteiger partial charge in [0.05, 0.1) is 20.6 Å². The minimum atomic E-state index is -4.18. The van der Waals surface area contributed by atoms with Gasteiger partial charge in [0, 0.05) is 13.1 Å². The Balaban J connectivity index is 2.06. The summed E-state index contributed by atoms with van der Waals surface area (Å²) in [5, 5.41) is 3.33. The van der Waals surface area contributed by atoms with Gasteiger partial charge in [0.25, 0.3) is 10.0 Å². The molecule has 0 saturated carbocycles. The topological polar surface area (TPSA) is 86.8 Å². The van der Waals surface area contributed by atoms with Crippen molar-refractivity contribution in [3.05, 3.63) is 94.0 Å². The van der Waals surface area contributed by atoms with Crippen molar-refractivity contribution in [1.82, 2.24) is 10.2 Å². The molecule has 0 radical (unpaired) electrons. The van der Waals surface area contributed by atoms with Crippen molar-refractivity contribution in [2.45, 2.75) is 51.6 Å². The molecule has 0 spiro atoms. The molecule has 0 aliphatic rings. The van der Waals surface area contributed by atoms with Gasteiger partial charge < -0.3 is 10.2 Å². The first-order valence-electron chi connectivity index (χ1n) is 13.1. The summed E-state index contributed by atoms with van der Waals surface area (Å²) in [5.41, 5.74) is 2.01. The summed E-state index contributed by atoms with van der Waals surface area (Å²) >= 11 is 12.4. The number of amides is 2. The van der Waals surface area contributed by atoms with Crippen LogP contribution in [0.5, 0.6) is 0 Å². The van der Waals surface area contributed by atoms with E-state index >= 15 is 0 Å². The van der Waals surface area contributed by atoms with Crippen LogP contribution >= 0.6 is 23.2 Å². The molecule has 7 nitrogen and oxygen atoms in total. The van der Waals surface area contributed by atoms with E-state index in [-0.39, 0.29) is 39.0 Å². The summed E-state index contributed by atoms with van der Waals surface area (Å²) < 4.78 is 28.7. The lowest BCUT2D eigenvalue weighted by molar-refractivity contribution is -0.140. The quantitative estimate of drug-likeness (QED) is 0.272. The first kappa shape index (κ1) is 31.5. The summed E-state index contributed by atoms with van der Waals surface area (Å²) in [5.74, 6) is -0.591. The minimum absolute atomic E-state index is 0.0147. The highest BCUT2D eigenvalue weighted by Crippen LogP contribution is 2.31. The number of rotatable bonds is 12. The number of carbonyl (C=O) groups excluding carboxylic acids is 2. The zero-order valence-electron chi connectivity index (χ0n) is 23.1. The van der Waals surface area contributed by atoms with Crippen molar-refractivity contribution in [3.63, 3.8) is 0 Å². The second-order valence-corrected chi connectivity index (χ2v) is 12.7. The Morgan fingerprint density at radius 2 is 1.62 bits per heavy atom. The molecule has 2 amide bonds. The number of sulfonamides is 1. The van der Waals surface area contributed by atoms with E-state index < -0.39 is 28.5 Å². The van der Waals surface area contributed by atoms with Crippen molar-refractivity contribution in [2.75, 3.05) is 17.4 Å². The fourth-order valence-corrected chi connectivity index (χ4v) is 5.96. The second kappa shape index (κ2) is 14.0. The summed E-state index contributed by atoms with van der Waals surface area (Å²) in [7, 11) is -4.18. The molecule has 1 N–H and O–H groups in total. The van der Waals surface area contributed by atoms with Crippen LogP contribution < -0.4 is 9.62 Å². The SMILES string of the molecule is CCC(C(=O)NCC(C)C)N(Cc1cccc(C)c1)C(=O)CN(c1ccc(Cl)c(Cl)c1)S(=O)(=O)c1ccccc1. The number of nitrogens with zero attached hydrogens (tertiary/aromatic N) is 2. The fraction of sp³-hybridized carbons (Fsp3) is 0.333. The van der Waals surface area contributed by atoms with Crippen LogP contribution in [-0.2, 0) is 26.2 Å². The van der Waals surface area contributed by atoms with Gasteiger partial charge in [-0.1, -0.05) is 92.0 Å². The normalized spacial score (nSPS) is 12.2. The molecule has 10 heteroatoms. The van der Waals surface area contributed by atoms with Crippen LogP contribution in [0, 0.1) is 12.8 Å². The van der Waals surface area contributed by atoms with E-state index in [4.69, 9.17) is 23.2 Å². The second-order valence-electron chi connectivity index (χ2n) is 10.00. The predicted octanol–water partition coefficient (Wildman–Crippen LogP) is 6.08. The first-order chi connectivity index (χ1) is 18.9. The van der Waals surface area contributed by atoms with Crippen molar-refractivity contribution in [1.29, 1.82) is 0 Å². The number of aryl methyl sites for hydroxylation is 1. The number of carbonyl (C=O) groups is 2. The smallest absolute Gasteiger partial charge is 0.264 e. The summed E-state index contributed by atoms with van der Waals surface area (Å²) in [6.45, 7) is 7.79. The van der Waals surface area contributed by atoms with Crippen molar-refractivity contribution in [3.8, 4) is 0 Å². The largest absolute Gasteiger partial charge is 0.354 e. The van der Waals surface area contributed by atoms with Crippen molar-refractivity contribution >= 4 is 50.7 Å². The van der Waals surface area contributed by atoms with E-state index in [1.165, 1.54) is 35.2 Å².